The summed E-state index contributed by atoms with van der Waals surface area (Å²) >= 11 is 6.34. The number of hydrogen-bond acceptors (Lipinski definition) is 4. The fraction of sp³-hybridized carbons (Fsp3) is 0.600. The van der Waals surface area contributed by atoms with E-state index in [0.717, 1.165) is 22.8 Å². The largest absolute Gasteiger partial charge is 0.370 e. The first-order valence-corrected chi connectivity index (χ1v) is 9.55. The van der Waals surface area contributed by atoms with Gasteiger partial charge < -0.3 is 10.2 Å². The van der Waals surface area contributed by atoms with E-state index in [0.29, 0.717) is 25.6 Å². The SMILES string of the molecule is CC(C)NCc1c(Cl)cccc1N1CCCS(=O)(=O)CC1. The summed E-state index contributed by atoms with van der Waals surface area (Å²) in [4.78, 5) is 2.15. The molecule has 0 aromatic heterocycles. The Morgan fingerprint density at radius 1 is 1.29 bits per heavy atom. The number of sulfone groups is 1. The molecule has 0 amide bonds. The van der Waals surface area contributed by atoms with Gasteiger partial charge in [0.15, 0.2) is 9.84 Å². The Morgan fingerprint density at radius 2 is 2.05 bits per heavy atom. The zero-order chi connectivity index (χ0) is 15.5. The highest BCUT2D eigenvalue weighted by atomic mass is 35.5. The molecule has 0 atom stereocenters. The van der Waals surface area contributed by atoms with Gasteiger partial charge in [-0.25, -0.2) is 8.42 Å². The average molecular weight is 331 g/mol. The number of halogens is 1. The molecule has 1 heterocycles. The molecule has 0 spiro atoms. The quantitative estimate of drug-likeness (QED) is 0.921. The van der Waals surface area contributed by atoms with Gasteiger partial charge in [-0.2, -0.15) is 0 Å². The third-order valence-corrected chi connectivity index (χ3v) is 5.75. The molecule has 0 unspecified atom stereocenters. The highest BCUT2D eigenvalue weighted by Crippen LogP contribution is 2.28. The second kappa shape index (κ2) is 6.99. The Balaban J connectivity index is 2.24. The zero-order valence-corrected chi connectivity index (χ0v) is 14.2. The van der Waals surface area contributed by atoms with E-state index in [2.05, 4.69) is 24.1 Å². The first kappa shape index (κ1) is 16.6. The standard InChI is InChI=1S/C15H23ClN2O2S/c1-12(2)17-11-13-14(16)5-3-6-15(13)18-7-4-9-21(19,20)10-8-18/h3,5-6,12,17H,4,7-11H2,1-2H3. The van der Waals surface area contributed by atoms with Crippen LogP contribution in [0.3, 0.4) is 0 Å². The minimum Gasteiger partial charge on any atom is -0.370 e. The molecular weight excluding hydrogens is 308 g/mol. The van der Waals surface area contributed by atoms with E-state index in [4.69, 9.17) is 11.6 Å². The van der Waals surface area contributed by atoms with Gasteiger partial charge in [-0.05, 0) is 18.6 Å². The van der Waals surface area contributed by atoms with Crippen molar-refractivity contribution in [1.29, 1.82) is 0 Å². The van der Waals surface area contributed by atoms with Crippen molar-refractivity contribution < 1.29 is 8.42 Å². The van der Waals surface area contributed by atoms with E-state index in [9.17, 15) is 8.42 Å². The van der Waals surface area contributed by atoms with Crippen LogP contribution in [0.5, 0.6) is 0 Å². The first-order valence-electron chi connectivity index (χ1n) is 7.35. The summed E-state index contributed by atoms with van der Waals surface area (Å²) in [5.74, 6) is 0.500. The van der Waals surface area contributed by atoms with Crippen molar-refractivity contribution in [1.82, 2.24) is 5.32 Å². The molecule has 1 aliphatic heterocycles. The van der Waals surface area contributed by atoms with Crippen LogP contribution in [-0.4, -0.2) is 39.1 Å². The highest BCUT2D eigenvalue weighted by Gasteiger charge is 2.21. The highest BCUT2D eigenvalue weighted by molar-refractivity contribution is 7.91. The third-order valence-electron chi connectivity index (χ3n) is 3.68. The number of nitrogens with zero attached hydrogens (tertiary/aromatic N) is 1. The van der Waals surface area contributed by atoms with Gasteiger partial charge >= 0.3 is 0 Å². The van der Waals surface area contributed by atoms with Crippen LogP contribution < -0.4 is 10.2 Å². The molecule has 1 saturated heterocycles. The van der Waals surface area contributed by atoms with Crippen molar-refractivity contribution in [3.63, 3.8) is 0 Å². The molecule has 1 aromatic carbocycles. The maximum Gasteiger partial charge on any atom is 0.152 e. The summed E-state index contributed by atoms with van der Waals surface area (Å²) in [7, 11) is -2.90. The van der Waals surface area contributed by atoms with Gasteiger partial charge in [0.05, 0.1) is 11.5 Å². The molecule has 4 nitrogen and oxygen atoms in total. The number of benzene rings is 1. The molecule has 1 fully saturated rings. The van der Waals surface area contributed by atoms with E-state index in [1.165, 1.54) is 0 Å². The number of rotatable bonds is 4. The summed E-state index contributed by atoms with van der Waals surface area (Å²) in [6.07, 6.45) is 0.673. The Hall–Kier alpha value is -0.780. The fourth-order valence-electron chi connectivity index (χ4n) is 2.50. The Labute approximate surface area is 132 Å². The molecule has 118 valence electrons. The summed E-state index contributed by atoms with van der Waals surface area (Å²) in [6.45, 7) is 6.17. The summed E-state index contributed by atoms with van der Waals surface area (Å²) in [5.41, 5.74) is 2.10. The Bertz CT molecular complexity index is 587. The molecule has 2 rings (SSSR count). The van der Waals surface area contributed by atoms with Crippen LogP contribution in [0.4, 0.5) is 5.69 Å². The molecule has 0 bridgehead atoms. The summed E-state index contributed by atoms with van der Waals surface area (Å²) in [5, 5.41) is 4.11. The van der Waals surface area contributed by atoms with Gasteiger partial charge in [0, 0.05) is 41.9 Å². The molecule has 6 heteroatoms. The minimum atomic E-state index is -2.90. The minimum absolute atomic E-state index is 0.219. The second-order valence-corrected chi connectivity index (χ2v) is 8.48. The first-order chi connectivity index (χ1) is 9.89. The van der Waals surface area contributed by atoms with Crippen molar-refractivity contribution in [2.75, 3.05) is 29.5 Å². The lowest BCUT2D eigenvalue weighted by Gasteiger charge is -2.26. The molecule has 1 aromatic rings. The fourth-order valence-corrected chi connectivity index (χ4v) is 4.01. The molecule has 0 aliphatic carbocycles. The Morgan fingerprint density at radius 3 is 2.76 bits per heavy atom. The number of hydrogen-bond donors (Lipinski definition) is 1. The topological polar surface area (TPSA) is 49.4 Å². The second-order valence-electron chi connectivity index (χ2n) is 5.77. The molecule has 0 radical (unpaired) electrons. The van der Waals surface area contributed by atoms with Crippen molar-refractivity contribution in [3.8, 4) is 0 Å². The predicted molar refractivity (Wildman–Crippen MR) is 88.9 cm³/mol. The maximum atomic E-state index is 11.7. The van der Waals surface area contributed by atoms with Crippen LogP contribution in [0.15, 0.2) is 18.2 Å². The zero-order valence-electron chi connectivity index (χ0n) is 12.6. The van der Waals surface area contributed by atoms with Gasteiger partial charge in [0.2, 0.25) is 0 Å². The normalized spacial score (nSPS) is 18.8. The van der Waals surface area contributed by atoms with E-state index in [1.807, 2.05) is 18.2 Å². The monoisotopic (exact) mass is 330 g/mol. The van der Waals surface area contributed by atoms with Gasteiger partial charge in [0.1, 0.15) is 0 Å². The van der Waals surface area contributed by atoms with E-state index in [-0.39, 0.29) is 11.5 Å². The Kier molecular flexibility index (Phi) is 5.52. The molecule has 0 saturated carbocycles. The lowest BCUT2D eigenvalue weighted by atomic mass is 10.1. The van der Waals surface area contributed by atoms with Gasteiger partial charge in [-0.15, -0.1) is 0 Å². The van der Waals surface area contributed by atoms with Gasteiger partial charge in [-0.3, -0.25) is 0 Å². The lowest BCUT2D eigenvalue weighted by Crippen LogP contribution is -2.29. The van der Waals surface area contributed by atoms with E-state index in [1.54, 1.807) is 0 Å². The molecule has 1 N–H and O–H groups in total. The van der Waals surface area contributed by atoms with Crippen molar-refractivity contribution in [2.45, 2.75) is 32.9 Å². The summed E-state index contributed by atoms with van der Waals surface area (Å²) < 4.78 is 23.5. The van der Waals surface area contributed by atoms with E-state index >= 15 is 0 Å². The van der Waals surface area contributed by atoms with Crippen LogP contribution >= 0.6 is 11.6 Å². The van der Waals surface area contributed by atoms with E-state index < -0.39 is 9.84 Å². The van der Waals surface area contributed by atoms with Crippen LogP contribution in [0.1, 0.15) is 25.8 Å². The lowest BCUT2D eigenvalue weighted by molar-refractivity contribution is 0.588. The third kappa shape index (κ3) is 4.59. The van der Waals surface area contributed by atoms with Crippen molar-refractivity contribution >= 4 is 27.1 Å². The molecule has 1 aliphatic rings. The maximum absolute atomic E-state index is 11.7. The van der Waals surface area contributed by atoms with Crippen molar-refractivity contribution in [3.05, 3.63) is 28.8 Å². The number of nitrogens with one attached hydrogen (secondary N) is 1. The average Bonchev–Trinajstić information content (AvgIpc) is 2.58. The molecular formula is C15H23ClN2O2S. The van der Waals surface area contributed by atoms with Crippen LogP contribution in [0.2, 0.25) is 5.02 Å². The van der Waals surface area contributed by atoms with Crippen LogP contribution in [0, 0.1) is 0 Å². The van der Waals surface area contributed by atoms with Crippen LogP contribution in [0.25, 0.3) is 0 Å². The van der Waals surface area contributed by atoms with Crippen molar-refractivity contribution in [2.24, 2.45) is 0 Å². The molecule has 21 heavy (non-hydrogen) atoms. The summed E-state index contributed by atoms with van der Waals surface area (Å²) in [6, 6.07) is 6.22. The predicted octanol–water partition coefficient (Wildman–Crippen LogP) is 2.46. The number of anilines is 1. The smallest absolute Gasteiger partial charge is 0.152 e. The van der Waals surface area contributed by atoms with Crippen LogP contribution in [-0.2, 0) is 16.4 Å². The van der Waals surface area contributed by atoms with Gasteiger partial charge in [-0.1, -0.05) is 31.5 Å². The van der Waals surface area contributed by atoms with Gasteiger partial charge in [0.25, 0.3) is 0 Å².